The first-order valence-corrected chi connectivity index (χ1v) is 24.9. The number of pyridine rings is 2. The molecule has 14 rings (SSSR count). The van der Waals surface area contributed by atoms with Gasteiger partial charge in [-0.25, -0.2) is 9.97 Å². The van der Waals surface area contributed by atoms with Crippen molar-refractivity contribution in [3.8, 4) is 89.8 Å². The van der Waals surface area contributed by atoms with Crippen molar-refractivity contribution in [3.63, 3.8) is 0 Å². The minimum atomic E-state index is 0.603. The molecule has 0 aliphatic rings. The Morgan fingerprint density at radius 2 is 0.541 bits per heavy atom. The van der Waals surface area contributed by atoms with Crippen LogP contribution in [-0.2, 0) is 0 Å². The van der Waals surface area contributed by atoms with E-state index in [2.05, 4.69) is 237 Å². The maximum absolute atomic E-state index is 5.40. The Bertz CT molecular complexity index is 3910. The van der Waals surface area contributed by atoms with E-state index in [1.165, 1.54) is 43.8 Å². The predicted octanol–water partition coefficient (Wildman–Crippen LogP) is 17.1. The van der Waals surface area contributed by atoms with Crippen LogP contribution in [0.25, 0.3) is 133 Å². The molecule has 9 aromatic carbocycles. The molecule has 0 bridgehead atoms. The van der Waals surface area contributed by atoms with Crippen molar-refractivity contribution in [1.29, 1.82) is 0 Å². The normalized spacial score (nSPS) is 11.5. The fraction of sp³-hybridized carbons (Fsp3) is 0. The molecule has 0 spiro atoms. The first kappa shape index (κ1) is 42.8. The second kappa shape index (κ2) is 18.0. The second-order valence-corrected chi connectivity index (χ2v) is 18.7. The summed E-state index contributed by atoms with van der Waals surface area (Å²) >= 11 is 0. The fourth-order valence-corrected chi connectivity index (χ4v) is 10.7. The van der Waals surface area contributed by atoms with Crippen molar-refractivity contribution in [1.82, 2.24) is 29.1 Å². The summed E-state index contributed by atoms with van der Waals surface area (Å²) in [6.07, 6.45) is 7.24. The first-order chi connectivity index (χ1) is 36.7. The van der Waals surface area contributed by atoms with Gasteiger partial charge in [-0.15, -0.1) is 0 Å². The van der Waals surface area contributed by atoms with Crippen molar-refractivity contribution >= 4 is 43.6 Å². The van der Waals surface area contributed by atoms with Gasteiger partial charge in [0.1, 0.15) is 0 Å². The molecule has 6 nitrogen and oxygen atoms in total. The Balaban J connectivity index is 1.07. The van der Waals surface area contributed by atoms with Crippen LogP contribution in [0, 0.1) is 0 Å². The van der Waals surface area contributed by atoms with E-state index in [1.54, 1.807) is 0 Å². The quantitative estimate of drug-likeness (QED) is 0.145. The molecule has 346 valence electrons. The van der Waals surface area contributed by atoms with E-state index in [0.717, 1.165) is 83.8 Å². The number of rotatable bonds is 9. The molecule has 0 aliphatic carbocycles. The van der Waals surface area contributed by atoms with Crippen LogP contribution >= 0.6 is 0 Å². The van der Waals surface area contributed by atoms with Gasteiger partial charge in [-0.05, 0) is 142 Å². The van der Waals surface area contributed by atoms with E-state index in [9.17, 15) is 0 Å². The van der Waals surface area contributed by atoms with Gasteiger partial charge in [0.25, 0.3) is 0 Å². The number of nitrogens with zero attached hydrogens (tertiary/aromatic N) is 6. The average molecular weight is 945 g/mol. The molecule has 0 unspecified atom stereocenters. The third-order valence-corrected chi connectivity index (χ3v) is 14.3. The lowest BCUT2D eigenvalue weighted by atomic mass is 10.0. The van der Waals surface area contributed by atoms with Crippen LogP contribution in [-0.4, -0.2) is 29.1 Å². The summed E-state index contributed by atoms with van der Waals surface area (Å²) < 4.78 is 4.85. The monoisotopic (exact) mass is 944 g/mol. The van der Waals surface area contributed by atoms with Gasteiger partial charge in [0, 0.05) is 74.4 Å². The zero-order valence-electron chi connectivity index (χ0n) is 40.1. The molecule has 0 amide bonds. The van der Waals surface area contributed by atoms with Crippen LogP contribution in [0.5, 0.6) is 0 Å². The largest absolute Gasteiger partial charge is 0.309 e. The molecule has 0 aliphatic heterocycles. The zero-order chi connectivity index (χ0) is 49.0. The zero-order valence-corrected chi connectivity index (χ0v) is 40.1. The summed E-state index contributed by atoms with van der Waals surface area (Å²) in [4.78, 5) is 19.5. The summed E-state index contributed by atoms with van der Waals surface area (Å²) in [5.74, 6) is 0.603. The lowest BCUT2D eigenvalue weighted by Gasteiger charge is -2.16. The molecule has 0 fully saturated rings. The molecule has 0 saturated carbocycles. The van der Waals surface area contributed by atoms with E-state index in [4.69, 9.17) is 9.97 Å². The minimum absolute atomic E-state index is 0.603. The van der Waals surface area contributed by atoms with Gasteiger partial charge < -0.3 is 9.13 Å². The maximum Gasteiger partial charge on any atom is 0.160 e. The summed E-state index contributed by atoms with van der Waals surface area (Å²) in [5.41, 5.74) is 20.1. The molecule has 6 heteroatoms. The van der Waals surface area contributed by atoms with Crippen LogP contribution in [0.4, 0.5) is 0 Å². The molecular weight excluding hydrogens is 901 g/mol. The second-order valence-electron chi connectivity index (χ2n) is 18.7. The highest BCUT2D eigenvalue weighted by Crippen LogP contribution is 2.42. The van der Waals surface area contributed by atoms with Gasteiger partial charge in [-0.3, -0.25) is 9.97 Å². The molecule has 14 aromatic rings. The van der Waals surface area contributed by atoms with E-state index >= 15 is 0 Å². The Labute approximate surface area is 427 Å². The number of fused-ring (bicyclic) bond motifs is 6. The minimum Gasteiger partial charge on any atom is -0.309 e. The molecule has 0 radical (unpaired) electrons. The lowest BCUT2D eigenvalue weighted by Crippen LogP contribution is -2.02. The first-order valence-electron chi connectivity index (χ1n) is 24.9. The van der Waals surface area contributed by atoms with Crippen LogP contribution in [0.3, 0.4) is 0 Å². The summed E-state index contributed by atoms with van der Waals surface area (Å²) in [7, 11) is 0. The lowest BCUT2D eigenvalue weighted by molar-refractivity contribution is 1.12. The van der Waals surface area contributed by atoms with Crippen molar-refractivity contribution < 1.29 is 0 Å². The van der Waals surface area contributed by atoms with Crippen LogP contribution in [0.1, 0.15) is 0 Å². The van der Waals surface area contributed by atoms with Gasteiger partial charge in [-0.2, -0.15) is 0 Å². The third-order valence-electron chi connectivity index (χ3n) is 14.3. The van der Waals surface area contributed by atoms with Crippen molar-refractivity contribution in [3.05, 3.63) is 267 Å². The van der Waals surface area contributed by atoms with E-state index in [0.29, 0.717) is 5.82 Å². The topological polar surface area (TPSA) is 61.4 Å². The molecule has 74 heavy (non-hydrogen) atoms. The van der Waals surface area contributed by atoms with Crippen molar-refractivity contribution in [2.24, 2.45) is 0 Å². The van der Waals surface area contributed by atoms with E-state index in [-0.39, 0.29) is 0 Å². The number of benzene rings is 9. The summed E-state index contributed by atoms with van der Waals surface area (Å²) in [6.45, 7) is 0. The third kappa shape index (κ3) is 7.61. The molecule has 0 N–H and O–H groups in total. The highest BCUT2D eigenvalue weighted by Gasteiger charge is 2.21. The van der Waals surface area contributed by atoms with Crippen molar-refractivity contribution in [2.45, 2.75) is 0 Å². The standard InChI is InChI=1S/C68H44N6/c1-5-13-45(14-6-1)51-21-25-64-58(39-51)59-40-52(46-15-7-2-8-16-46)22-26-65(59)73(64)56-37-55(68-71-62(49-29-33-69-34-30-49)44-63(72-68)50-31-35-70-36-32-50)38-57(43-56)74-66-27-23-53(47-17-9-3-10-18-47)41-60(66)61-42-54(24-28-67(61)74)48-19-11-4-12-20-48/h1-44H. The van der Waals surface area contributed by atoms with E-state index < -0.39 is 0 Å². The molecule has 5 heterocycles. The van der Waals surface area contributed by atoms with Gasteiger partial charge in [0.05, 0.1) is 33.5 Å². The Kier molecular flexibility index (Phi) is 10.4. The van der Waals surface area contributed by atoms with Crippen LogP contribution in [0.2, 0.25) is 0 Å². The van der Waals surface area contributed by atoms with Crippen LogP contribution in [0.15, 0.2) is 267 Å². The Hall–Kier alpha value is -10.0. The number of hydrogen-bond acceptors (Lipinski definition) is 4. The maximum atomic E-state index is 5.40. The van der Waals surface area contributed by atoms with E-state index in [1.807, 2.05) is 49.1 Å². The van der Waals surface area contributed by atoms with Gasteiger partial charge in [-0.1, -0.05) is 146 Å². The Morgan fingerprint density at radius 3 is 0.851 bits per heavy atom. The molecular formula is C68H44N6. The number of aromatic nitrogens is 6. The average Bonchev–Trinajstić information content (AvgIpc) is 4.02. The fourth-order valence-electron chi connectivity index (χ4n) is 10.7. The SMILES string of the molecule is c1ccc(-c2ccc3c(c2)c2cc(-c4ccccc4)ccc2n3-c2cc(-c3nc(-c4ccncc4)cc(-c4ccncc4)n3)cc(-n3c4ccc(-c5ccccc5)cc4c4cc(-c5ccccc5)ccc43)c2)cc1. The number of hydrogen-bond donors (Lipinski definition) is 0. The van der Waals surface area contributed by atoms with Gasteiger partial charge in [0.15, 0.2) is 5.82 Å². The highest BCUT2D eigenvalue weighted by molar-refractivity contribution is 6.13. The molecule has 0 atom stereocenters. The smallest absolute Gasteiger partial charge is 0.160 e. The Morgan fingerprint density at radius 1 is 0.230 bits per heavy atom. The highest BCUT2D eigenvalue weighted by atomic mass is 15.0. The molecule has 0 saturated heterocycles. The predicted molar refractivity (Wildman–Crippen MR) is 304 cm³/mol. The van der Waals surface area contributed by atoms with Crippen LogP contribution < -0.4 is 0 Å². The van der Waals surface area contributed by atoms with Gasteiger partial charge >= 0.3 is 0 Å². The van der Waals surface area contributed by atoms with Crippen molar-refractivity contribution in [2.75, 3.05) is 0 Å². The summed E-state index contributed by atoms with van der Waals surface area (Å²) in [5, 5.41) is 4.67. The van der Waals surface area contributed by atoms with Gasteiger partial charge in [0.2, 0.25) is 0 Å². The summed E-state index contributed by atoms with van der Waals surface area (Å²) in [6, 6.07) is 87.1. The molecule has 5 aromatic heterocycles.